The summed E-state index contributed by atoms with van der Waals surface area (Å²) < 4.78 is 24.7. The van der Waals surface area contributed by atoms with E-state index in [0.29, 0.717) is 0 Å². The van der Waals surface area contributed by atoms with Crippen LogP contribution in [0.4, 0.5) is 14.6 Å². The zero-order chi connectivity index (χ0) is 10.0. The molecule has 0 aliphatic rings. The number of rotatable bonds is 1. The Morgan fingerprint density at radius 1 is 1.62 bits per heavy atom. The van der Waals surface area contributed by atoms with Gasteiger partial charge in [-0.3, -0.25) is 0 Å². The predicted molar refractivity (Wildman–Crippen MR) is 46.0 cm³/mol. The van der Waals surface area contributed by atoms with Crippen LogP contribution in [0.3, 0.4) is 0 Å². The maximum Gasteiger partial charge on any atom is 0.268 e. The number of nitriles is 1. The number of pyridine rings is 1. The minimum absolute atomic E-state index is 0.0116. The number of hydrogen-bond acceptors (Lipinski definition) is 3. The number of halogens is 3. The van der Waals surface area contributed by atoms with Crippen molar-refractivity contribution in [2.75, 3.05) is 5.73 Å². The van der Waals surface area contributed by atoms with Gasteiger partial charge in [0.05, 0.1) is 11.1 Å². The van der Waals surface area contributed by atoms with Crippen LogP contribution in [0.15, 0.2) is 10.7 Å². The smallest absolute Gasteiger partial charge is 0.268 e. The second-order valence-corrected chi connectivity index (χ2v) is 2.99. The number of nitrogens with two attached hydrogens (primary N) is 1. The molecule has 0 spiro atoms. The van der Waals surface area contributed by atoms with Gasteiger partial charge in [0.1, 0.15) is 11.9 Å². The first-order valence-corrected chi connectivity index (χ1v) is 3.99. The highest BCUT2D eigenvalue weighted by Crippen LogP contribution is 2.32. The van der Waals surface area contributed by atoms with Crippen LogP contribution in [-0.4, -0.2) is 4.98 Å². The maximum absolute atomic E-state index is 12.3. The first-order valence-electron chi connectivity index (χ1n) is 3.20. The van der Waals surface area contributed by atoms with Gasteiger partial charge in [-0.2, -0.15) is 5.26 Å². The van der Waals surface area contributed by atoms with Gasteiger partial charge in [0, 0.05) is 10.7 Å². The molecule has 1 heterocycles. The molecule has 0 unspecified atom stereocenters. The number of hydrogen-bond donors (Lipinski definition) is 1. The fraction of sp³-hybridized carbons (Fsp3) is 0.143. The van der Waals surface area contributed by atoms with Crippen molar-refractivity contribution >= 4 is 21.7 Å². The van der Waals surface area contributed by atoms with Crippen LogP contribution in [0.5, 0.6) is 0 Å². The van der Waals surface area contributed by atoms with E-state index in [4.69, 9.17) is 11.0 Å². The summed E-state index contributed by atoms with van der Waals surface area (Å²) in [4.78, 5) is 3.48. The average molecular weight is 248 g/mol. The normalized spacial score (nSPS) is 10.1. The molecule has 1 rings (SSSR count). The van der Waals surface area contributed by atoms with E-state index in [1.165, 1.54) is 0 Å². The van der Waals surface area contributed by atoms with Gasteiger partial charge in [-0.15, -0.1) is 0 Å². The molecule has 6 heteroatoms. The van der Waals surface area contributed by atoms with E-state index >= 15 is 0 Å². The van der Waals surface area contributed by atoms with Crippen LogP contribution in [0.2, 0.25) is 0 Å². The van der Waals surface area contributed by atoms with Gasteiger partial charge in [0.15, 0.2) is 0 Å². The molecule has 0 bridgehead atoms. The molecule has 0 saturated heterocycles. The molecule has 68 valence electrons. The first-order chi connectivity index (χ1) is 6.07. The molecule has 1 aromatic heterocycles. The fourth-order valence-corrected chi connectivity index (χ4v) is 1.37. The number of anilines is 1. The van der Waals surface area contributed by atoms with Crippen LogP contribution < -0.4 is 5.73 Å². The topological polar surface area (TPSA) is 62.7 Å². The van der Waals surface area contributed by atoms with E-state index in [2.05, 4.69) is 20.9 Å². The van der Waals surface area contributed by atoms with Crippen molar-refractivity contribution in [3.05, 3.63) is 21.8 Å². The monoisotopic (exact) mass is 247 g/mol. The SMILES string of the molecule is N#Cc1cnc(N)c(C(F)F)c1Br. The van der Waals surface area contributed by atoms with Crippen molar-refractivity contribution in [1.29, 1.82) is 5.26 Å². The van der Waals surface area contributed by atoms with Crippen LogP contribution in [0, 0.1) is 11.3 Å². The number of aromatic nitrogens is 1. The highest BCUT2D eigenvalue weighted by Gasteiger charge is 2.19. The molecule has 3 nitrogen and oxygen atoms in total. The third-order valence-corrected chi connectivity index (χ3v) is 2.27. The molecule has 0 aliphatic carbocycles. The highest BCUT2D eigenvalue weighted by atomic mass is 79.9. The Hall–Kier alpha value is -1.22. The van der Waals surface area contributed by atoms with Gasteiger partial charge >= 0.3 is 0 Å². The summed E-state index contributed by atoms with van der Waals surface area (Å²) in [6.07, 6.45) is -1.60. The summed E-state index contributed by atoms with van der Waals surface area (Å²) in [6, 6.07) is 1.72. The molecule has 0 aliphatic heterocycles. The lowest BCUT2D eigenvalue weighted by molar-refractivity contribution is 0.151. The summed E-state index contributed by atoms with van der Waals surface area (Å²) in [7, 11) is 0. The second-order valence-electron chi connectivity index (χ2n) is 2.20. The fourth-order valence-electron chi connectivity index (χ4n) is 0.803. The van der Waals surface area contributed by atoms with Crippen molar-refractivity contribution in [2.45, 2.75) is 6.43 Å². The molecular weight excluding hydrogens is 244 g/mol. The van der Waals surface area contributed by atoms with Gasteiger partial charge in [-0.1, -0.05) is 0 Å². The predicted octanol–water partition coefficient (Wildman–Crippen LogP) is 2.24. The van der Waals surface area contributed by atoms with E-state index in [-0.39, 0.29) is 15.9 Å². The minimum atomic E-state index is -2.74. The Bertz CT molecular complexity index is 373. The molecule has 2 N–H and O–H groups in total. The molecule has 0 radical (unpaired) electrons. The molecule has 13 heavy (non-hydrogen) atoms. The quantitative estimate of drug-likeness (QED) is 0.828. The summed E-state index contributed by atoms with van der Waals surface area (Å²) >= 11 is 2.87. The maximum atomic E-state index is 12.3. The standard InChI is InChI=1S/C7H4BrF2N3/c8-5-3(1-11)2-13-7(12)4(5)6(9)10/h2,6H,(H2,12,13). The number of nitrogens with zero attached hydrogens (tertiary/aromatic N) is 2. The van der Waals surface area contributed by atoms with Crippen LogP contribution in [0.1, 0.15) is 17.6 Å². The van der Waals surface area contributed by atoms with E-state index in [1.807, 2.05) is 0 Å². The van der Waals surface area contributed by atoms with Gasteiger partial charge in [-0.25, -0.2) is 13.8 Å². The average Bonchev–Trinajstić information content (AvgIpc) is 2.04. The van der Waals surface area contributed by atoms with Gasteiger partial charge < -0.3 is 5.73 Å². The van der Waals surface area contributed by atoms with Gasteiger partial charge in [0.2, 0.25) is 0 Å². The molecule has 0 amide bonds. The summed E-state index contributed by atoms with van der Waals surface area (Å²) in [6.45, 7) is 0. The lowest BCUT2D eigenvalue weighted by atomic mass is 10.2. The van der Waals surface area contributed by atoms with Crippen LogP contribution in [-0.2, 0) is 0 Å². The van der Waals surface area contributed by atoms with Gasteiger partial charge in [-0.05, 0) is 15.9 Å². The lowest BCUT2D eigenvalue weighted by Gasteiger charge is -2.06. The molecule has 0 saturated carbocycles. The van der Waals surface area contributed by atoms with E-state index in [9.17, 15) is 8.78 Å². The Morgan fingerprint density at radius 3 is 2.69 bits per heavy atom. The van der Waals surface area contributed by atoms with Crippen molar-refractivity contribution in [1.82, 2.24) is 4.98 Å². The van der Waals surface area contributed by atoms with E-state index in [1.54, 1.807) is 6.07 Å². The van der Waals surface area contributed by atoms with E-state index in [0.717, 1.165) is 6.20 Å². The Balaban J connectivity index is 3.41. The zero-order valence-electron chi connectivity index (χ0n) is 6.26. The molecule has 0 fully saturated rings. The molecule has 0 aromatic carbocycles. The molecule has 1 aromatic rings. The highest BCUT2D eigenvalue weighted by molar-refractivity contribution is 9.10. The van der Waals surface area contributed by atoms with Crippen LogP contribution in [0.25, 0.3) is 0 Å². The minimum Gasteiger partial charge on any atom is -0.383 e. The number of nitrogen functional groups attached to an aromatic ring is 1. The van der Waals surface area contributed by atoms with Crippen LogP contribution >= 0.6 is 15.9 Å². The Labute approximate surface area is 81.3 Å². The second kappa shape index (κ2) is 3.66. The Kier molecular flexibility index (Phi) is 2.78. The zero-order valence-corrected chi connectivity index (χ0v) is 7.85. The third-order valence-electron chi connectivity index (χ3n) is 1.42. The summed E-state index contributed by atoms with van der Waals surface area (Å²) in [5, 5.41) is 8.51. The summed E-state index contributed by atoms with van der Waals surface area (Å²) in [5.41, 5.74) is 4.83. The number of alkyl halides is 2. The lowest BCUT2D eigenvalue weighted by Crippen LogP contribution is -2.00. The van der Waals surface area contributed by atoms with Crippen molar-refractivity contribution in [2.24, 2.45) is 0 Å². The van der Waals surface area contributed by atoms with Crippen molar-refractivity contribution in [3.8, 4) is 6.07 Å². The van der Waals surface area contributed by atoms with Crippen molar-refractivity contribution in [3.63, 3.8) is 0 Å². The molecular formula is C7H4BrF2N3. The van der Waals surface area contributed by atoms with Crippen molar-refractivity contribution < 1.29 is 8.78 Å². The molecule has 0 atom stereocenters. The Morgan fingerprint density at radius 2 is 2.23 bits per heavy atom. The first kappa shape index (κ1) is 9.86. The third kappa shape index (κ3) is 1.75. The van der Waals surface area contributed by atoms with Gasteiger partial charge in [0.25, 0.3) is 6.43 Å². The summed E-state index contributed by atoms with van der Waals surface area (Å²) in [5.74, 6) is -0.263. The van der Waals surface area contributed by atoms with E-state index < -0.39 is 12.0 Å². The largest absolute Gasteiger partial charge is 0.383 e.